The zero-order chi connectivity index (χ0) is 10.6. The molecule has 0 aromatic heterocycles. The zero-order valence-electron chi connectivity index (χ0n) is 9.01. The van der Waals surface area contributed by atoms with E-state index in [1.807, 2.05) is 0 Å². The fraction of sp³-hybridized carbons (Fsp3) is 0.909. The maximum absolute atomic E-state index is 11.2. The minimum atomic E-state index is -0.768. The Hall–Kier alpha value is -0.240. The Kier molecular flexibility index (Phi) is 4.24. The molecule has 1 aliphatic heterocycles. The predicted octanol–water partition coefficient (Wildman–Crippen LogP) is 3.27. The molecule has 0 spiro atoms. The second-order valence-electron chi connectivity index (χ2n) is 4.28. The lowest BCUT2D eigenvalue weighted by Crippen LogP contribution is -2.21. The molecule has 2 nitrogen and oxygen atoms in total. The van der Waals surface area contributed by atoms with Crippen LogP contribution in [0.15, 0.2) is 0 Å². The second-order valence-corrected chi connectivity index (χ2v) is 5.11. The van der Waals surface area contributed by atoms with Crippen LogP contribution in [0.1, 0.15) is 52.4 Å². The fourth-order valence-electron chi connectivity index (χ4n) is 1.79. The number of unbranched alkanes of at least 4 members (excludes halogenated alkanes) is 3. The Morgan fingerprint density at radius 2 is 2.21 bits per heavy atom. The summed E-state index contributed by atoms with van der Waals surface area (Å²) in [7, 11) is 0. The summed E-state index contributed by atoms with van der Waals surface area (Å²) in [5.41, 5.74) is 0. The first-order chi connectivity index (χ1) is 6.56. The van der Waals surface area contributed by atoms with E-state index in [1.165, 1.54) is 19.3 Å². The fourth-order valence-corrected chi connectivity index (χ4v) is 2.00. The Bertz CT molecular complexity index is 201. The molecular formula is C11H19ClO2. The van der Waals surface area contributed by atoms with E-state index < -0.39 is 4.87 Å². The molecule has 0 N–H and O–H groups in total. The van der Waals surface area contributed by atoms with Gasteiger partial charge in [-0.15, -0.1) is 11.6 Å². The van der Waals surface area contributed by atoms with Crippen LogP contribution in [0.25, 0.3) is 0 Å². The molecule has 0 saturated carbocycles. The first-order valence-electron chi connectivity index (χ1n) is 5.46. The molecule has 0 radical (unpaired) electrons. The number of cyclic esters (lactones) is 1. The number of halogens is 1. The molecule has 1 aliphatic rings. The molecule has 0 amide bonds. The summed E-state index contributed by atoms with van der Waals surface area (Å²) in [4.78, 5) is 10.5. The summed E-state index contributed by atoms with van der Waals surface area (Å²) in [5.74, 6) is -0.250. The summed E-state index contributed by atoms with van der Waals surface area (Å²) < 4.78 is 5.19. The van der Waals surface area contributed by atoms with Crippen LogP contribution in [0.3, 0.4) is 0 Å². The molecule has 1 saturated heterocycles. The summed E-state index contributed by atoms with van der Waals surface area (Å²) in [6, 6.07) is 0. The SMILES string of the molecule is CCCCCC[C@H]1C[C@@](C)(Cl)C(=O)O1. The van der Waals surface area contributed by atoms with Crippen molar-refractivity contribution in [2.75, 3.05) is 0 Å². The number of ether oxygens (including phenoxy) is 1. The van der Waals surface area contributed by atoms with E-state index in [4.69, 9.17) is 16.3 Å². The van der Waals surface area contributed by atoms with Crippen LogP contribution in [0.5, 0.6) is 0 Å². The van der Waals surface area contributed by atoms with Crippen LogP contribution in [-0.4, -0.2) is 16.9 Å². The molecule has 0 unspecified atom stereocenters. The topological polar surface area (TPSA) is 26.3 Å². The summed E-state index contributed by atoms with van der Waals surface area (Å²) in [6.07, 6.45) is 6.55. The number of carbonyl (C=O) groups is 1. The average molecular weight is 219 g/mol. The predicted molar refractivity (Wildman–Crippen MR) is 57.5 cm³/mol. The zero-order valence-corrected chi connectivity index (χ0v) is 9.77. The van der Waals surface area contributed by atoms with Gasteiger partial charge in [-0.2, -0.15) is 0 Å². The lowest BCUT2D eigenvalue weighted by atomic mass is 10.0. The van der Waals surface area contributed by atoms with Crippen molar-refractivity contribution in [1.29, 1.82) is 0 Å². The lowest BCUT2D eigenvalue weighted by molar-refractivity contribution is -0.143. The van der Waals surface area contributed by atoms with Gasteiger partial charge < -0.3 is 4.74 Å². The van der Waals surface area contributed by atoms with Crippen molar-refractivity contribution >= 4 is 17.6 Å². The molecule has 82 valence electrons. The molecule has 1 rings (SSSR count). The van der Waals surface area contributed by atoms with Gasteiger partial charge >= 0.3 is 5.97 Å². The minimum Gasteiger partial charge on any atom is -0.461 e. The molecule has 0 bridgehead atoms. The van der Waals surface area contributed by atoms with Crippen molar-refractivity contribution < 1.29 is 9.53 Å². The van der Waals surface area contributed by atoms with Gasteiger partial charge in [-0.25, -0.2) is 0 Å². The monoisotopic (exact) mass is 218 g/mol. The highest BCUT2D eigenvalue weighted by atomic mass is 35.5. The normalized spacial score (nSPS) is 31.9. The molecule has 1 fully saturated rings. The van der Waals surface area contributed by atoms with Crippen LogP contribution >= 0.6 is 11.6 Å². The quantitative estimate of drug-likeness (QED) is 0.402. The number of alkyl halides is 1. The van der Waals surface area contributed by atoms with Crippen molar-refractivity contribution in [3.05, 3.63) is 0 Å². The Labute approximate surface area is 91.0 Å². The smallest absolute Gasteiger partial charge is 0.327 e. The van der Waals surface area contributed by atoms with E-state index in [-0.39, 0.29) is 12.1 Å². The first-order valence-corrected chi connectivity index (χ1v) is 5.84. The van der Waals surface area contributed by atoms with E-state index >= 15 is 0 Å². The standard InChI is InChI=1S/C11H19ClO2/c1-3-4-5-6-7-9-8-11(2,12)10(13)14-9/h9H,3-8H2,1-2H3/t9-,11+/m0/s1. The third-order valence-corrected chi connectivity index (χ3v) is 3.00. The van der Waals surface area contributed by atoms with Crippen LogP contribution in [0.2, 0.25) is 0 Å². The van der Waals surface area contributed by atoms with Gasteiger partial charge in [0.05, 0.1) is 0 Å². The molecule has 0 aliphatic carbocycles. The molecule has 0 aromatic rings. The van der Waals surface area contributed by atoms with Crippen LogP contribution in [0.4, 0.5) is 0 Å². The third kappa shape index (κ3) is 3.16. The highest BCUT2D eigenvalue weighted by molar-refractivity contribution is 6.34. The lowest BCUT2D eigenvalue weighted by Gasteiger charge is -2.08. The van der Waals surface area contributed by atoms with Gasteiger partial charge in [-0.3, -0.25) is 4.79 Å². The van der Waals surface area contributed by atoms with Gasteiger partial charge in [-0.1, -0.05) is 26.2 Å². The summed E-state index contributed by atoms with van der Waals surface area (Å²) in [5, 5.41) is 0. The van der Waals surface area contributed by atoms with Crippen molar-refractivity contribution in [3.63, 3.8) is 0 Å². The molecule has 0 aromatic carbocycles. The highest BCUT2D eigenvalue weighted by Gasteiger charge is 2.43. The molecule has 2 atom stereocenters. The van der Waals surface area contributed by atoms with Crippen LogP contribution in [0, 0.1) is 0 Å². The maximum atomic E-state index is 11.2. The first kappa shape index (κ1) is 11.8. The van der Waals surface area contributed by atoms with Gasteiger partial charge in [0.2, 0.25) is 0 Å². The molecule has 1 heterocycles. The highest BCUT2D eigenvalue weighted by Crippen LogP contribution is 2.33. The Morgan fingerprint density at radius 3 is 2.71 bits per heavy atom. The van der Waals surface area contributed by atoms with Gasteiger partial charge in [0.25, 0.3) is 0 Å². The Balaban J connectivity index is 2.19. The van der Waals surface area contributed by atoms with E-state index in [9.17, 15) is 4.79 Å². The average Bonchev–Trinajstić information content (AvgIpc) is 2.35. The van der Waals surface area contributed by atoms with Gasteiger partial charge in [0, 0.05) is 6.42 Å². The van der Waals surface area contributed by atoms with Crippen molar-refractivity contribution in [2.24, 2.45) is 0 Å². The molecular weight excluding hydrogens is 200 g/mol. The minimum absolute atomic E-state index is 0.0573. The molecule has 14 heavy (non-hydrogen) atoms. The van der Waals surface area contributed by atoms with Crippen LogP contribution in [-0.2, 0) is 9.53 Å². The number of hydrogen-bond acceptors (Lipinski definition) is 2. The largest absolute Gasteiger partial charge is 0.461 e. The van der Waals surface area contributed by atoms with Gasteiger partial charge in [0.1, 0.15) is 11.0 Å². The van der Waals surface area contributed by atoms with Crippen LogP contribution < -0.4 is 0 Å². The van der Waals surface area contributed by atoms with E-state index in [2.05, 4.69) is 6.92 Å². The van der Waals surface area contributed by atoms with Gasteiger partial charge in [0.15, 0.2) is 0 Å². The van der Waals surface area contributed by atoms with Crippen molar-refractivity contribution in [2.45, 2.75) is 63.4 Å². The van der Waals surface area contributed by atoms with E-state index in [1.54, 1.807) is 6.92 Å². The van der Waals surface area contributed by atoms with E-state index in [0.717, 1.165) is 12.8 Å². The number of rotatable bonds is 5. The second kappa shape index (κ2) is 5.01. The van der Waals surface area contributed by atoms with Crippen molar-refractivity contribution in [1.82, 2.24) is 0 Å². The van der Waals surface area contributed by atoms with E-state index in [0.29, 0.717) is 6.42 Å². The summed E-state index contributed by atoms with van der Waals surface area (Å²) >= 11 is 5.98. The maximum Gasteiger partial charge on any atom is 0.327 e. The Morgan fingerprint density at radius 1 is 1.50 bits per heavy atom. The number of carbonyl (C=O) groups excluding carboxylic acids is 1. The molecule has 3 heteroatoms. The number of hydrogen-bond donors (Lipinski definition) is 0. The van der Waals surface area contributed by atoms with Crippen molar-refractivity contribution in [3.8, 4) is 0 Å². The van der Waals surface area contributed by atoms with Gasteiger partial charge in [-0.05, 0) is 19.8 Å². The number of esters is 1. The third-order valence-electron chi connectivity index (χ3n) is 2.69. The summed E-state index contributed by atoms with van der Waals surface area (Å²) in [6.45, 7) is 3.92.